The molecule has 2 amide bonds. The first kappa shape index (κ1) is 35.8. The number of hydrogen-bond acceptors (Lipinski definition) is 6. The van der Waals surface area contributed by atoms with Crippen LogP contribution in [-0.2, 0) is 19.1 Å². The lowest BCUT2D eigenvalue weighted by Gasteiger charge is -2.31. The van der Waals surface area contributed by atoms with Gasteiger partial charge in [0, 0.05) is 54.9 Å². The smallest absolute Gasteiger partial charge is 0.221 e. The highest BCUT2D eigenvalue weighted by Crippen LogP contribution is 2.23. The van der Waals surface area contributed by atoms with E-state index < -0.39 is 5.54 Å². The molecule has 0 aliphatic heterocycles. The van der Waals surface area contributed by atoms with Crippen LogP contribution in [-0.4, -0.2) is 69.5 Å². The Morgan fingerprint density at radius 3 is 1.73 bits per heavy atom. The summed E-state index contributed by atoms with van der Waals surface area (Å²) in [5.74, 6) is 0.497. The van der Waals surface area contributed by atoms with Crippen molar-refractivity contribution in [3.63, 3.8) is 0 Å². The number of nitrogens with two attached hydrogens (primary N) is 1. The highest BCUT2D eigenvalue weighted by molar-refractivity contribution is 5.77. The Balaban J connectivity index is 4.36. The third-order valence-electron chi connectivity index (χ3n) is 5.91. The first-order valence-electron chi connectivity index (χ1n) is 14.0. The molecule has 0 spiro atoms. The van der Waals surface area contributed by atoms with Crippen LogP contribution >= 0.6 is 0 Å². The number of rotatable bonds is 20. The molecule has 0 aromatic rings. The lowest BCUT2D eigenvalue weighted by atomic mass is 9.89. The predicted octanol–water partition coefficient (Wildman–Crippen LogP) is 3.87. The van der Waals surface area contributed by atoms with Crippen molar-refractivity contribution in [3.05, 3.63) is 0 Å². The molecule has 1 atom stereocenters. The molecule has 8 heteroatoms. The van der Waals surface area contributed by atoms with Crippen molar-refractivity contribution in [2.75, 3.05) is 46.1 Å². The van der Waals surface area contributed by atoms with Gasteiger partial charge in [-0.3, -0.25) is 9.59 Å². The van der Waals surface area contributed by atoms with Gasteiger partial charge >= 0.3 is 0 Å². The third-order valence-corrected chi connectivity index (χ3v) is 5.91. The van der Waals surface area contributed by atoms with E-state index >= 15 is 0 Å². The highest BCUT2D eigenvalue weighted by atomic mass is 16.5. The summed E-state index contributed by atoms with van der Waals surface area (Å²) >= 11 is 0. The van der Waals surface area contributed by atoms with Crippen LogP contribution in [0.1, 0.15) is 95.4 Å². The molecule has 0 aliphatic carbocycles. The molecule has 5 N–H and O–H groups in total. The van der Waals surface area contributed by atoms with Crippen LogP contribution < -0.4 is 21.7 Å². The van der Waals surface area contributed by atoms with Crippen molar-refractivity contribution < 1.29 is 19.1 Å². The van der Waals surface area contributed by atoms with E-state index in [9.17, 15) is 9.59 Å². The van der Waals surface area contributed by atoms with Gasteiger partial charge in [0.1, 0.15) is 0 Å². The number of nitrogens with one attached hydrogen (secondary N) is 3. The van der Waals surface area contributed by atoms with Crippen molar-refractivity contribution in [1.29, 1.82) is 0 Å². The average Bonchev–Trinajstić information content (AvgIpc) is 2.69. The zero-order valence-corrected chi connectivity index (χ0v) is 25.9. The van der Waals surface area contributed by atoms with Crippen LogP contribution in [0.3, 0.4) is 0 Å². The summed E-state index contributed by atoms with van der Waals surface area (Å²) in [5.41, 5.74) is 5.06. The van der Waals surface area contributed by atoms with E-state index in [0.717, 1.165) is 13.0 Å². The molecule has 0 bridgehead atoms. The van der Waals surface area contributed by atoms with E-state index in [0.29, 0.717) is 51.3 Å². The molecular formula is C29H60N4O4. The summed E-state index contributed by atoms with van der Waals surface area (Å²) in [5, 5.41) is 9.43. The number of hydrogen-bond donors (Lipinski definition) is 4. The monoisotopic (exact) mass is 528 g/mol. The molecule has 0 radical (unpaired) electrons. The fourth-order valence-corrected chi connectivity index (χ4v) is 3.61. The van der Waals surface area contributed by atoms with Crippen LogP contribution in [0, 0.1) is 22.2 Å². The van der Waals surface area contributed by atoms with Crippen LogP contribution in [0.25, 0.3) is 0 Å². The molecule has 0 rings (SSSR count). The van der Waals surface area contributed by atoms with Crippen molar-refractivity contribution in [2.24, 2.45) is 27.9 Å². The summed E-state index contributed by atoms with van der Waals surface area (Å²) < 4.78 is 11.9. The predicted molar refractivity (Wildman–Crippen MR) is 153 cm³/mol. The molecule has 0 saturated heterocycles. The molecule has 0 heterocycles. The van der Waals surface area contributed by atoms with Gasteiger partial charge in [0.05, 0.1) is 26.4 Å². The Bertz CT molecular complexity index is 673. The first-order chi connectivity index (χ1) is 16.7. The van der Waals surface area contributed by atoms with Crippen LogP contribution in [0.4, 0.5) is 0 Å². The minimum absolute atomic E-state index is 0.00383. The minimum atomic E-state index is -0.745. The third kappa shape index (κ3) is 20.4. The molecule has 37 heavy (non-hydrogen) atoms. The van der Waals surface area contributed by atoms with Crippen molar-refractivity contribution in [3.8, 4) is 0 Å². The zero-order chi connectivity index (χ0) is 28.9. The summed E-state index contributed by atoms with van der Waals surface area (Å²) in [6.07, 6.45) is 1.55. The normalized spacial score (nSPS) is 14.6. The second kappa shape index (κ2) is 16.0. The van der Waals surface area contributed by atoms with Gasteiger partial charge in [0.2, 0.25) is 11.8 Å². The van der Waals surface area contributed by atoms with Crippen LogP contribution in [0.5, 0.6) is 0 Å². The molecule has 8 nitrogen and oxygen atoms in total. The van der Waals surface area contributed by atoms with Crippen molar-refractivity contribution in [1.82, 2.24) is 16.0 Å². The molecular weight excluding hydrogens is 468 g/mol. The molecule has 0 aliphatic rings. The quantitative estimate of drug-likeness (QED) is 0.191. The maximum atomic E-state index is 12.6. The van der Waals surface area contributed by atoms with Gasteiger partial charge in [-0.05, 0) is 24.7 Å². The Morgan fingerprint density at radius 2 is 1.19 bits per heavy atom. The fourth-order valence-electron chi connectivity index (χ4n) is 3.61. The maximum Gasteiger partial charge on any atom is 0.221 e. The molecule has 0 aromatic carbocycles. The molecule has 0 aromatic heterocycles. The standard InChI is InChI=1S/C29H60N4O4/c1-22(2)12-13-31-25(35)15-29(11,30)21-37-20-28(9,10)17-33-24(34)14-26(5,6)18-36-19-27(7,8)16-32-23(3)4/h22-23,32H,12-21,30H2,1-11H3,(H,31,35)(H,33,34). The van der Waals surface area contributed by atoms with Gasteiger partial charge in [-0.1, -0.05) is 69.2 Å². The topological polar surface area (TPSA) is 115 Å². The summed E-state index contributed by atoms with van der Waals surface area (Å²) in [6, 6.07) is 0.444. The van der Waals surface area contributed by atoms with Gasteiger partial charge in [0.15, 0.2) is 0 Å². The van der Waals surface area contributed by atoms with Gasteiger partial charge in [0.25, 0.3) is 0 Å². The van der Waals surface area contributed by atoms with Gasteiger partial charge in [-0.15, -0.1) is 0 Å². The van der Waals surface area contributed by atoms with Crippen molar-refractivity contribution >= 4 is 11.8 Å². The maximum absolute atomic E-state index is 12.6. The molecule has 220 valence electrons. The van der Waals surface area contributed by atoms with E-state index in [2.05, 4.69) is 71.3 Å². The SMILES string of the molecule is CC(C)CCNC(=O)CC(C)(N)COCC(C)(C)CNC(=O)CC(C)(C)COCC(C)(C)CNC(C)C. The number of amides is 2. The second-order valence-electron chi connectivity index (χ2n) is 14.3. The summed E-state index contributed by atoms with van der Waals surface area (Å²) in [6.45, 7) is 26.8. The van der Waals surface area contributed by atoms with Crippen LogP contribution in [0.2, 0.25) is 0 Å². The summed E-state index contributed by atoms with van der Waals surface area (Å²) in [4.78, 5) is 24.8. The molecule has 0 fully saturated rings. The van der Waals surface area contributed by atoms with E-state index in [1.54, 1.807) is 0 Å². The minimum Gasteiger partial charge on any atom is -0.380 e. The zero-order valence-electron chi connectivity index (χ0n) is 25.9. The Morgan fingerprint density at radius 1 is 0.703 bits per heavy atom. The van der Waals surface area contributed by atoms with E-state index in [1.165, 1.54) is 0 Å². The largest absolute Gasteiger partial charge is 0.380 e. The molecule has 0 saturated carbocycles. The molecule has 1 unspecified atom stereocenters. The number of carbonyl (C=O) groups is 2. The number of carbonyl (C=O) groups excluding carboxylic acids is 2. The average molecular weight is 529 g/mol. The summed E-state index contributed by atoms with van der Waals surface area (Å²) in [7, 11) is 0. The lowest BCUT2D eigenvalue weighted by molar-refractivity contribution is -0.125. The van der Waals surface area contributed by atoms with Gasteiger partial charge in [-0.25, -0.2) is 0 Å². The second-order valence-corrected chi connectivity index (χ2v) is 14.3. The number of ether oxygens (including phenoxy) is 2. The van der Waals surface area contributed by atoms with Gasteiger partial charge in [-0.2, -0.15) is 0 Å². The lowest BCUT2D eigenvalue weighted by Crippen LogP contribution is -2.47. The van der Waals surface area contributed by atoms with E-state index in [1.807, 2.05) is 20.8 Å². The Labute approximate surface area is 227 Å². The Hall–Kier alpha value is -1.22. The van der Waals surface area contributed by atoms with E-state index in [4.69, 9.17) is 15.2 Å². The Kier molecular flexibility index (Phi) is 15.5. The van der Waals surface area contributed by atoms with Crippen molar-refractivity contribution in [2.45, 2.75) is 107 Å². The highest BCUT2D eigenvalue weighted by Gasteiger charge is 2.28. The van der Waals surface area contributed by atoms with Gasteiger partial charge < -0.3 is 31.2 Å². The van der Waals surface area contributed by atoms with E-state index in [-0.39, 0.29) is 41.1 Å². The fraction of sp³-hybridized carbons (Fsp3) is 0.931. The first-order valence-corrected chi connectivity index (χ1v) is 14.0. The van der Waals surface area contributed by atoms with Crippen LogP contribution in [0.15, 0.2) is 0 Å².